The van der Waals surface area contributed by atoms with Crippen molar-refractivity contribution in [3.05, 3.63) is 30.0 Å². The van der Waals surface area contributed by atoms with Gasteiger partial charge in [0, 0.05) is 29.8 Å². The summed E-state index contributed by atoms with van der Waals surface area (Å²) in [6.07, 6.45) is 1.36. The first kappa shape index (κ1) is 27.0. The number of alkyl halides is 2. The number of rotatable bonds is 8. The van der Waals surface area contributed by atoms with Crippen LogP contribution in [0, 0.1) is 17.8 Å². The number of hydrogen-bond donors (Lipinski definition) is 4. The third-order valence-electron chi connectivity index (χ3n) is 8.31. The van der Waals surface area contributed by atoms with Crippen LogP contribution >= 0.6 is 0 Å². The molecule has 1 aromatic heterocycles. The molecule has 210 valence electrons. The summed E-state index contributed by atoms with van der Waals surface area (Å²) < 4.78 is 33.3. The van der Waals surface area contributed by atoms with Gasteiger partial charge in [-0.2, -0.15) is 0 Å². The molecule has 3 aliphatic rings. The van der Waals surface area contributed by atoms with Crippen LogP contribution in [0.2, 0.25) is 0 Å². The van der Waals surface area contributed by atoms with Crippen LogP contribution in [0.1, 0.15) is 42.6 Å². The number of aromatic nitrogens is 1. The molecular weight excluding hydrogens is 514 g/mol. The van der Waals surface area contributed by atoms with Crippen molar-refractivity contribution in [1.82, 2.24) is 20.5 Å². The van der Waals surface area contributed by atoms with Gasteiger partial charge in [-0.25, -0.2) is 8.78 Å². The van der Waals surface area contributed by atoms with Crippen molar-refractivity contribution in [2.75, 3.05) is 26.8 Å². The molecule has 5 atom stereocenters. The van der Waals surface area contributed by atoms with Gasteiger partial charge >= 0.3 is 0 Å². The molecule has 2 aliphatic heterocycles. The predicted molar refractivity (Wildman–Crippen MR) is 135 cm³/mol. The number of hydrogen-bond acceptors (Lipinski definition) is 6. The van der Waals surface area contributed by atoms with Gasteiger partial charge in [0.1, 0.15) is 24.1 Å². The summed E-state index contributed by atoms with van der Waals surface area (Å²) in [4.78, 5) is 56.8. The van der Waals surface area contributed by atoms with Gasteiger partial charge in [0.25, 0.3) is 11.8 Å². The Balaban J connectivity index is 1.38. The van der Waals surface area contributed by atoms with E-state index in [9.17, 15) is 33.1 Å². The fourth-order valence-electron chi connectivity index (χ4n) is 6.42. The number of amides is 3. The van der Waals surface area contributed by atoms with Gasteiger partial charge < -0.3 is 30.4 Å². The van der Waals surface area contributed by atoms with E-state index in [0.29, 0.717) is 17.8 Å². The first-order valence-corrected chi connectivity index (χ1v) is 13.2. The summed E-state index contributed by atoms with van der Waals surface area (Å²) in [7, 11) is 1.54. The van der Waals surface area contributed by atoms with E-state index < -0.39 is 61.1 Å². The van der Waals surface area contributed by atoms with Crippen LogP contribution in [-0.4, -0.2) is 83.3 Å². The molecule has 1 saturated carbocycles. The Morgan fingerprint density at radius 1 is 1.28 bits per heavy atom. The molecule has 1 aliphatic carbocycles. The Kier molecular flexibility index (Phi) is 7.32. The zero-order chi connectivity index (χ0) is 27.9. The molecule has 0 unspecified atom stereocenters. The fourth-order valence-corrected chi connectivity index (χ4v) is 6.42. The summed E-state index contributed by atoms with van der Waals surface area (Å²) in [5.41, 5.74) is 0.991. The average molecular weight is 547 g/mol. The summed E-state index contributed by atoms with van der Waals surface area (Å²) in [5, 5.41) is 15.0. The van der Waals surface area contributed by atoms with Crippen molar-refractivity contribution in [3.63, 3.8) is 0 Å². The number of piperidine rings is 1. The van der Waals surface area contributed by atoms with E-state index in [1.807, 2.05) is 6.07 Å². The van der Waals surface area contributed by atoms with Crippen LogP contribution in [0.5, 0.6) is 5.75 Å². The molecule has 0 bridgehead atoms. The van der Waals surface area contributed by atoms with Gasteiger partial charge in [-0.1, -0.05) is 12.5 Å². The number of likely N-dealkylation sites (tertiary alicyclic amines) is 1. The smallest absolute Gasteiger partial charge is 0.271 e. The van der Waals surface area contributed by atoms with Crippen LogP contribution in [0.25, 0.3) is 10.9 Å². The molecule has 2 aromatic rings. The van der Waals surface area contributed by atoms with E-state index in [2.05, 4.69) is 15.6 Å². The van der Waals surface area contributed by atoms with Crippen LogP contribution in [0.15, 0.2) is 24.3 Å². The van der Waals surface area contributed by atoms with Gasteiger partial charge in [-0.3, -0.25) is 19.2 Å². The molecule has 3 amide bonds. The van der Waals surface area contributed by atoms with Gasteiger partial charge in [0.15, 0.2) is 5.78 Å². The molecule has 0 spiro atoms. The highest BCUT2D eigenvalue weighted by Gasteiger charge is 2.50. The molecule has 5 rings (SSSR count). The minimum atomic E-state index is -3.14. The number of methoxy groups -OCH3 is 1. The van der Waals surface area contributed by atoms with Crippen molar-refractivity contribution in [3.8, 4) is 5.75 Å². The Bertz CT molecular complexity index is 1300. The summed E-state index contributed by atoms with van der Waals surface area (Å²) in [5.74, 6) is -6.16. The number of aliphatic hydroxyl groups excluding tert-OH is 1. The molecule has 39 heavy (non-hydrogen) atoms. The number of benzene rings is 1. The van der Waals surface area contributed by atoms with E-state index in [1.54, 1.807) is 18.2 Å². The number of ketones is 1. The lowest BCUT2D eigenvalue weighted by Crippen LogP contribution is -2.55. The number of carbonyl (C=O) groups excluding carboxylic acids is 4. The number of nitrogens with zero attached hydrogens (tertiary/aromatic N) is 1. The first-order chi connectivity index (χ1) is 18.6. The van der Waals surface area contributed by atoms with E-state index in [0.717, 1.165) is 24.6 Å². The van der Waals surface area contributed by atoms with Crippen LogP contribution < -0.4 is 15.4 Å². The van der Waals surface area contributed by atoms with E-state index >= 15 is 0 Å². The number of carbonyl (C=O) groups is 4. The maximum atomic E-state index is 14.0. The lowest BCUT2D eigenvalue weighted by molar-refractivity contribution is -0.139. The number of aromatic amines is 1. The molecule has 12 heteroatoms. The number of nitrogens with one attached hydrogen (secondary N) is 3. The summed E-state index contributed by atoms with van der Waals surface area (Å²) in [6, 6.07) is 4.84. The maximum Gasteiger partial charge on any atom is 0.271 e. The van der Waals surface area contributed by atoms with Crippen molar-refractivity contribution in [2.24, 2.45) is 17.8 Å². The Morgan fingerprint density at radius 3 is 2.82 bits per heavy atom. The molecule has 3 heterocycles. The number of Topliss-reactive ketones (excluding diaryl/α,β-unsaturated/α-hetero) is 1. The van der Waals surface area contributed by atoms with Gasteiger partial charge in [0.05, 0.1) is 19.7 Å². The van der Waals surface area contributed by atoms with Crippen molar-refractivity contribution >= 4 is 34.4 Å². The van der Waals surface area contributed by atoms with Gasteiger partial charge in [-0.05, 0) is 49.3 Å². The summed E-state index contributed by atoms with van der Waals surface area (Å²) >= 11 is 0. The maximum absolute atomic E-state index is 14.0. The minimum absolute atomic E-state index is 0.110. The Labute approximate surface area is 223 Å². The minimum Gasteiger partial charge on any atom is -0.496 e. The monoisotopic (exact) mass is 546 g/mol. The highest BCUT2D eigenvalue weighted by atomic mass is 19.3. The van der Waals surface area contributed by atoms with E-state index in [1.165, 1.54) is 12.0 Å². The van der Waals surface area contributed by atoms with E-state index in [4.69, 9.17) is 4.74 Å². The molecule has 4 N–H and O–H groups in total. The zero-order valence-corrected chi connectivity index (χ0v) is 21.5. The quantitative estimate of drug-likeness (QED) is 0.397. The number of halogens is 2. The third kappa shape index (κ3) is 5.21. The van der Waals surface area contributed by atoms with Crippen LogP contribution in [0.3, 0.4) is 0 Å². The molecule has 10 nitrogen and oxygen atoms in total. The number of aliphatic hydroxyl groups is 1. The van der Waals surface area contributed by atoms with Crippen molar-refractivity contribution in [2.45, 2.75) is 50.1 Å². The fraction of sp³-hybridized carbons (Fsp3) is 0.556. The second-order valence-electron chi connectivity index (χ2n) is 10.8. The first-order valence-electron chi connectivity index (χ1n) is 13.2. The largest absolute Gasteiger partial charge is 0.496 e. The van der Waals surface area contributed by atoms with Crippen LogP contribution in [0.4, 0.5) is 8.78 Å². The summed E-state index contributed by atoms with van der Waals surface area (Å²) in [6.45, 7) is -1.34. The topological polar surface area (TPSA) is 141 Å². The van der Waals surface area contributed by atoms with Gasteiger partial charge in [0.2, 0.25) is 11.8 Å². The van der Waals surface area contributed by atoms with Crippen molar-refractivity contribution < 1.29 is 37.8 Å². The Hall–Kier alpha value is -3.54. The molecule has 3 fully saturated rings. The number of fused-ring (bicyclic) bond motifs is 2. The highest BCUT2D eigenvalue weighted by molar-refractivity contribution is 6.02. The zero-order valence-electron chi connectivity index (χ0n) is 21.5. The third-order valence-corrected chi connectivity index (χ3v) is 8.31. The van der Waals surface area contributed by atoms with Crippen molar-refractivity contribution in [1.29, 1.82) is 0 Å². The second kappa shape index (κ2) is 10.6. The molecular formula is C27H32F2N4O6. The van der Waals surface area contributed by atoms with Crippen LogP contribution in [-0.2, 0) is 14.4 Å². The molecule has 0 radical (unpaired) electrons. The molecule has 1 aromatic carbocycles. The molecule has 2 saturated heterocycles. The Morgan fingerprint density at radius 2 is 2.08 bits per heavy atom. The standard InChI is InChI=1S/C27H32F2N4O6/c1-39-22-7-3-6-18-17(22)9-20(31-18)26(38)33-11-14-4-2-5-16(14)23(33)25(37)32-19(21(35)12-34)8-15-10-27(28,29)13-30-24(15)36/h3,6-7,9,14-16,19,23,31,34H,2,4-5,8,10-13H2,1H3,(H,30,36)(H,32,37)/t14-,15+,16-,19-,23-/m0/s1. The lowest BCUT2D eigenvalue weighted by atomic mass is 9.88. The highest BCUT2D eigenvalue weighted by Crippen LogP contribution is 2.43. The predicted octanol–water partition coefficient (Wildman–Crippen LogP) is 1.62. The number of H-pyrrole nitrogens is 1. The van der Waals surface area contributed by atoms with E-state index in [-0.39, 0.29) is 29.9 Å². The normalized spacial score (nSPS) is 26.7. The van der Waals surface area contributed by atoms with Gasteiger partial charge in [-0.15, -0.1) is 0 Å². The lowest BCUT2D eigenvalue weighted by Gasteiger charge is -2.32. The SMILES string of the molecule is COc1cccc2[nH]c(C(=O)N3C[C@@H]4CCC[C@@H]4[C@H]3C(=O)N[C@@H](C[C@@H]3CC(F)(F)CNC3=O)C(=O)CO)cc12. The number of ether oxygens (including phenoxy) is 1. The average Bonchev–Trinajstić information content (AvgIpc) is 3.63. The second-order valence-corrected chi connectivity index (χ2v) is 10.8.